The summed E-state index contributed by atoms with van der Waals surface area (Å²) in [4.78, 5) is 24.8. The van der Waals surface area contributed by atoms with Crippen molar-refractivity contribution in [3.63, 3.8) is 0 Å². The molecule has 0 aliphatic carbocycles. The van der Waals surface area contributed by atoms with E-state index in [-0.39, 0.29) is 28.9 Å². The number of fused-ring (bicyclic) bond motifs is 1. The molecule has 0 atom stereocenters. The second-order valence-corrected chi connectivity index (χ2v) is 8.25. The summed E-state index contributed by atoms with van der Waals surface area (Å²) < 4.78 is 42.8. The van der Waals surface area contributed by atoms with Crippen molar-refractivity contribution in [3.8, 4) is 11.4 Å². The van der Waals surface area contributed by atoms with E-state index in [2.05, 4.69) is 25.6 Å². The summed E-state index contributed by atoms with van der Waals surface area (Å²) >= 11 is 0. The lowest BCUT2D eigenvalue weighted by molar-refractivity contribution is -0.140. The van der Waals surface area contributed by atoms with Crippen LogP contribution in [-0.2, 0) is 6.18 Å². The highest BCUT2D eigenvalue weighted by atomic mass is 19.4. The number of hydrogen-bond acceptors (Lipinski definition) is 6. The fraction of sp³-hybridized carbons (Fsp3) is 0.0769. The van der Waals surface area contributed by atoms with Gasteiger partial charge in [0, 0.05) is 23.6 Å². The number of nitrogens with one attached hydrogen (secondary N) is 2. The first-order valence-electron chi connectivity index (χ1n) is 11.1. The maximum Gasteiger partial charge on any atom is 0.435 e. The summed E-state index contributed by atoms with van der Waals surface area (Å²) in [5.41, 5.74) is 7.54. The number of aromatic nitrogens is 4. The molecule has 0 saturated carbocycles. The Morgan fingerprint density at radius 1 is 1.00 bits per heavy atom. The second kappa shape index (κ2) is 9.26. The normalized spacial score (nSPS) is 11.5. The number of nitrogens with two attached hydrogens (primary N) is 1. The van der Waals surface area contributed by atoms with E-state index in [1.54, 1.807) is 67.6 Å². The van der Waals surface area contributed by atoms with Crippen LogP contribution in [0.3, 0.4) is 0 Å². The molecule has 0 fully saturated rings. The number of benzene rings is 2. The Morgan fingerprint density at radius 3 is 2.49 bits per heavy atom. The Balaban J connectivity index is 1.40. The average Bonchev–Trinajstić information content (AvgIpc) is 3.25. The van der Waals surface area contributed by atoms with Crippen LogP contribution in [-0.4, -0.2) is 25.3 Å². The summed E-state index contributed by atoms with van der Waals surface area (Å²) in [5, 5.41) is 5.71. The van der Waals surface area contributed by atoms with E-state index in [0.717, 1.165) is 5.56 Å². The lowest BCUT2D eigenvalue weighted by Gasteiger charge is -2.10. The van der Waals surface area contributed by atoms with Gasteiger partial charge in [0.2, 0.25) is 5.95 Å². The molecule has 1 amide bonds. The zero-order valence-corrected chi connectivity index (χ0v) is 19.4. The van der Waals surface area contributed by atoms with Crippen LogP contribution >= 0.6 is 0 Å². The van der Waals surface area contributed by atoms with Crippen molar-refractivity contribution in [3.05, 3.63) is 95.9 Å². The predicted molar refractivity (Wildman–Crippen MR) is 134 cm³/mol. The number of alkyl halides is 3. The number of para-hydroxylation sites is 2. The quantitative estimate of drug-likeness (QED) is 0.266. The van der Waals surface area contributed by atoms with Gasteiger partial charge in [-0.2, -0.15) is 13.2 Å². The number of aryl methyl sites for hydroxylation is 1. The Bertz CT molecular complexity index is 1610. The number of rotatable bonds is 5. The van der Waals surface area contributed by atoms with Crippen molar-refractivity contribution in [1.29, 1.82) is 0 Å². The molecule has 0 unspecified atom stereocenters. The maximum atomic E-state index is 13.8. The highest BCUT2D eigenvalue weighted by Crippen LogP contribution is 2.37. The molecule has 3 heterocycles. The number of halogens is 3. The molecule has 0 aliphatic heterocycles. The van der Waals surface area contributed by atoms with Crippen LogP contribution in [0.1, 0.15) is 21.6 Å². The molecule has 186 valence electrons. The number of imidazole rings is 1. The third kappa shape index (κ3) is 4.92. The minimum atomic E-state index is -4.67. The molecule has 3 aromatic heterocycles. The fourth-order valence-corrected chi connectivity index (χ4v) is 3.78. The van der Waals surface area contributed by atoms with Crippen LogP contribution in [0, 0.1) is 6.92 Å². The van der Waals surface area contributed by atoms with Gasteiger partial charge in [-0.15, -0.1) is 0 Å². The number of nitrogens with zero attached hydrogens (tertiary/aromatic N) is 4. The van der Waals surface area contributed by atoms with Crippen molar-refractivity contribution in [2.45, 2.75) is 13.1 Å². The molecule has 2 aromatic carbocycles. The van der Waals surface area contributed by atoms with Crippen LogP contribution < -0.4 is 16.4 Å². The van der Waals surface area contributed by atoms with Crippen LogP contribution in [0.25, 0.3) is 17.0 Å². The third-order valence-electron chi connectivity index (χ3n) is 5.56. The maximum absolute atomic E-state index is 13.8. The highest BCUT2D eigenvalue weighted by Gasteiger charge is 2.38. The second-order valence-electron chi connectivity index (χ2n) is 8.25. The monoisotopic (exact) mass is 503 g/mol. The largest absolute Gasteiger partial charge is 0.435 e. The van der Waals surface area contributed by atoms with E-state index in [4.69, 9.17) is 5.73 Å². The first-order valence-corrected chi connectivity index (χ1v) is 11.1. The number of anilines is 4. The van der Waals surface area contributed by atoms with E-state index >= 15 is 0 Å². The van der Waals surface area contributed by atoms with Gasteiger partial charge in [-0.3, -0.25) is 9.20 Å². The lowest BCUT2D eigenvalue weighted by atomic mass is 10.2. The minimum absolute atomic E-state index is 0.0534. The summed E-state index contributed by atoms with van der Waals surface area (Å²) in [7, 11) is 0. The topological polar surface area (TPSA) is 110 Å². The summed E-state index contributed by atoms with van der Waals surface area (Å²) in [6.07, 6.45) is -1.77. The van der Waals surface area contributed by atoms with Crippen molar-refractivity contribution < 1.29 is 18.0 Å². The van der Waals surface area contributed by atoms with Gasteiger partial charge in [0.25, 0.3) is 5.91 Å². The third-order valence-corrected chi connectivity index (χ3v) is 5.56. The molecule has 0 bridgehead atoms. The standard InChI is InChI=1S/C26H20F3N7O/c1-15-11-13-36-21(14-15)35-23(26(27,28)29)22(36)20-10-12-31-25(34-20)32-17-8-6-16(7-9-17)24(37)33-19-5-3-2-4-18(19)30/h2-14H,30H2,1H3,(H,33,37)(H,31,32,34). The molecule has 37 heavy (non-hydrogen) atoms. The lowest BCUT2D eigenvalue weighted by Crippen LogP contribution is -2.13. The molecule has 4 N–H and O–H groups in total. The van der Waals surface area contributed by atoms with Gasteiger partial charge in [0.1, 0.15) is 11.3 Å². The van der Waals surface area contributed by atoms with Gasteiger partial charge >= 0.3 is 6.18 Å². The van der Waals surface area contributed by atoms with Crippen LogP contribution in [0.15, 0.2) is 79.1 Å². The Hall–Kier alpha value is -4.93. The molecule has 5 aromatic rings. The number of amides is 1. The first kappa shape index (κ1) is 23.8. The smallest absolute Gasteiger partial charge is 0.397 e. The Morgan fingerprint density at radius 2 is 1.76 bits per heavy atom. The van der Waals surface area contributed by atoms with Gasteiger partial charge in [-0.1, -0.05) is 12.1 Å². The van der Waals surface area contributed by atoms with E-state index in [1.807, 2.05) is 0 Å². The number of carbonyl (C=O) groups excluding carboxylic acids is 1. The van der Waals surface area contributed by atoms with Crippen molar-refractivity contribution in [2.75, 3.05) is 16.4 Å². The molecular formula is C26H20F3N7O. The number of pyridine rings is 1. The van der Waals surface area contributed by atoms with E-state index in [1.165, 1.54) is 22.9 Å². The zero-order valence-electron chi connectivity index (χ0n) is 19.4. The van der Waals surface area contributed by atoms with Gasteiger partial charge in [0.05, 0.1) is 17.1 Å². The summed E-state index contributed by atoms with van der Waals surface area (Å²) in [5.74, 6) is -0.257. The van der Waals surface area contributed by atoms with Crippen molar-refractivity contribution in [1.82, 2.24) is 19.4 Å². The van der Waals surface area contributed by atoms with Crippen molar-refractivity contribution >= 4 is 34.6 Å². The summed E-state index contributed by atoms with van der Waals surface area (Å²) in [6, 6.07) is 18.0. The molecule has 8 nitrogen and oxygen atoms in total. The van der Waals surface area contributed by atoms with Crippen LogP contribution in [0.2, 0.25) is 0 Å². The SMILES string of the molecule is Cc1ccn2c(-c3ccnc(Nc4ccc(C(=O)Nc5ccccc5N)cc4)n3)c(C(F)(F)F)nc2c1. The predicted octanol–water partition coefficient (Wildman–Crippen LogP) is 5.70. The molecule has 0 radical (unpaired) electrons. The van der Waals surface area contributed by atoms with Crippen molar-refractivity contribution in [2.24, 2.45) is 0 Å². The van der Waals surface area contributed by atoms with E-state index in [9.17, 15) is 18.0 Å². The zero-order chi connectivity index (χ0) is 26.2. The van der Waals surface area contributed by atoms with Gasteiger partial charge < -0.3 is 16.4 Å². The fourth-order valence-electron chi connectivity index (χ4n) is 3.78. The van der Waals surface area contributed by atoms with Gasteiger partial charge in [-0.05, 0) is 67.1 Å². The van der Waals surface area contributed by atoms with Gasteiger partial charge in [0.15, 0.2) is 5.69 Å². The molecular weight excluding hydrogens is 483 g/mol. The molecule has 0 spiro atoms. The van der Waals surface area contributed by atoms with Crippen LogP contribution in [0.4, 0.5) is 36.2 Å². The summed E-state index contributed by atoms with van der Waals surface area (Å²) in [6.45, 7) is 1.78. The van der Waals surface area contributed by atoms with E-state index < -0.39 is 11.9 Å². The number of nitrogen functional groups attached to an aromatic ring is 1. The van der Waals surface area contributed by atoms with Crippen LogP contribution in [0.5, 0.6) is 0 Å². The molecule has 0 saturated heterocycles. The highest BCUT2D eigenvalue weighted by molar-refractivity contribution is 6.05. The Kier molecular flexibility index (Phi) is 5.96. The average molecular weight is 503 g/mol. The molecule has 0 aliphatic rings. The van der Waals surface area contributed by atoms with E-state index in [0.29, 0.717) is 22.6 Å². The molecule has 5 rings (SSSR count). The molecule has 11 heteroatoms. The minimum Gasteiger partial charge on any atom is -0.397 e. The number of hydrogen-bond donors (Lipinski definition) is 3. The van der Waals surface area contributed by atoms with Gasteiger partial charge in [-0.25, -0.2) is 15.0 Å². The number of carbonyl (C=O) groups is 1. The Labute approximate surface area is 209 Å². The first-order chi connectivity index (χ1) is 17.7.